The molecule has 0 heterocycles. The minimum Gasteiger partial charge on any atom is -0.493 e. The van der Waals surface area contributed by atoms with Gasteiger partial charge in [-0.3, -0.25) is 0 Å². The van der Waals surface area contributed by atoms with E-state index in [1.54, 1.807) is 21.3 Å². The minimum absolute atomic E-state index is 0.624. The molecule has 0 aliphatic heterocycles. The molecule has 0 aliphatic rings. The second-order valence-electron chi connectivity index (χ2n) is 5.60. The van der Waals surface area contributed by atoms with E-state index in [-0.39, 0.29) is 0 Å². The molecule has 25 heavy (non-hydrogen) atoms. The van der Waals surface area contributed by atoms with Crippen LogP contribution in [-0.2, 0) is 13.0 Å². The van der Waals surface area contributed by atoms with Gasteiger partial charge >= 0.3 is 0 Å². The summed E-state index contributed by atoms with van der Waals surface area (Å²) in [5, 5.41) is 2.27. The maximum Gasteiger partial charge on any atom is 0.169 e. The molecule has 0 unspecified atom stereocenters. The van der Waals surface area contributed by atoms with Crippen LogP contribution in [0.3, 0.4) is 0 Å². The monoisotopic (exact) mass is 346 g/mol. The highest BCUT2D eigenvalue weighted by Crippen LogP contribution is 2.30. The van der Waals surface area contributed by atoms with Gasteiger partial charge < -0.3 is 24.3 Å². The summed E-state index contributed by atoms with van der Waals surface area (Å²) in [5.41, 5.74) is 2.37. The number of ether oxygens (including phenoxy) is 4. The quantitative estimate of drug-likeness (QED) is 0.671. The fraction of sp³-hybridized carbons (Fsp3) is 0.400. The molecule has 5 nitrogen and oxygen atoms in total. The van der Waals surface area contributed by atoms with E-state index >= 15 is 0 Å². The van der Waals surface area contributed by atoms with E-state index in [1.807, 2.05) is 31.2 Å². The van der Waals surface area contributed by atoms with Gasteiger partial charge in [0.2, 0.25) is 0 Å². The lowest BCUT2D eigenvalue weighted by Gasteiger charge is -2.13. The zero-order valence-corrected chi connectivity index (χ0v) is 15.5. The predicted octanol–water partition coefficient (Wildman–Crippen LogP) is 2.42. The van der Waals surface area contributed by atoms with Gasteiger partial charge in [-0.15, -0.1) is 0 Å². The average molecular weight is 346 g/mol. The van der Waals surface area contributed by atoms with E-state index in [1.165, 1.54) is 5.56 Å². The molecule has 2 aromatic rings. The highest BCUT2D eigenvalue weighted by molar-refractivity contribution is 5.46. The highest BCUT2D eigenvalue weighted by Gasteiger charge is 2.11. The highest BCUT2D eigenvalue weighted by atomic mass is 16.5. The Morgan fingerprint density at radius 3 is 2.32 bits per heavy atom. The van der Waals surface area contributed by atoms with Crippen LogP contribution >= 0.6 is 0 Å². The molecule has 0 aliphatic carbocycles. The van der Waals surface area contributed by atoms with Gasteiger partial charge in [0.05, 0.1) is 40.0 Å². The SMILES string of the molecule is CCOc1c(C[NH2+]CCc2ccc(OC)c(OC)c2)cccc1OC. The molecule has 0 atom stereocenters. The Balaban J connectivity index is 1.93. The standard InChI is InChI=1S/C20H27NO4/c1-5-25-20-16(7-6-8-18(20)23-3)14-21-12-11-15-9-10-17(22-2)19(13-15)24-4/h6-10,13,21H,5,11-12,14H2,1-4H3/p+1. The largest absolute Gasteiger partial charge is 0.493 e. The molecule has 0 aromatic heterocycles. The number of benzene rings is 2. The smallest absolute Gasteiger partial charge is 0.169 e. The fourth-order valence-electron chi connectivity index (χ4n) is 2.75. The van der Waals surface area contributed by atoms with Gasteiger partial charge in [-0.1, -0.05) is 12.1 Å². The van der Waals surface area contributed by atoms with Crippen molar-refractivity contribution in [1.82, 2.24) is 0 Å². The third kappa shape index (κ3) is 5.03. The maximum atomic E-state index is 5.75. The summed E-state index contributed by atoms with van der Waals surface area (Å²) < 4.78 is 21.8. The fourth-order valence-corrected chi connectivity index (χ4v) is 2.75. The summed E-state index contributed by atoms with van der Waals surface area (Å²) >= 11 is 0. The van der Waals surface area contributed by atoms with Crippen LogP contribution in [0.1, 0.15) is 18.1 Å². The molecule has 2 aromatic carbocycles. The Morgan fingerprint density at radius 1 is 0.880 bits per heavy atom. The maximum absolute atomic E-state index is 5.75. The molecule has 0 amide bonds. The number of quaternary nitrogens is 1. The zero-order valence-electron chi connectivity index (χ0n) is 15.5. The van der Waals surface area contributed by atoms with Crippen molar-refractivity contribution in [3.05, 3.63) is 47.5 Å². The third-order valence-corrected chi connectivity index (χ3v) is 4.02. The van der Waals surface area contributed by atoms with E-state index in [4.69, 9.17) is 18.9 Å². The van der Waals surface area contributed by atoms with Gasteiger partial charge in [-0.05, 0) is 36.8 Å². The lowest BCUT2D eigenvalue weighted by Crippen LogP contribution is -2.83. The first-order valence-electron chi connectivity index (χ1n) is 8.54. The number of hydrogen-bond donors (Lipinski definition) is 1. The van der Waals surface area contributed by atoms with Crippen LogP contribution in [0.15, 0.2) is 36.4 Å². The van der Waals surface area contributed by atoms with Gasteiger partial charge in [0.25, 0.3) is 0 Å². The molecule has 0 spiro atoms. The van der Waals surface area contributed by atoms with Crippen molar-refractivity contribution in [3.63, 3.8) is 0 Å². The molecule has 0 saturated carbocycles. The van der Waals surface area contributed by atoms with E-state index in [0.717, 1.165) is 48.1 Å². The van der Waals surface area contributed by atoms with Crippen LogP contribution in [-0.4, -0.2) is 34.5 Å². The van der Waals surface area contributed by atoms with Crippen LogP contribution in [0.25, 0.3) is 0 Å². The second-order valence-corrected chi connectivity index (χ2v) is 5.60. The van der Waals surface area contributed by atoms with Gasteiger partial charge in [-0.25, -0.2) is 0 Å². The van der Waals surface area contributed by atoms with Gasteiger partial charge in [0.1, 0.15) is 6.54 Å². The predicted molar refractivity (Wildman–Crippen MR) is 97.9 cm³/mol. The van der Waals surface area contributed by atoms with Crippen LogP contribution < -0.4 is 24.3 Å². The molecule has 0 saturated heterocycles. The summed E-state index contributed by atoms with van der Waals surface area (Å²) in [6.45, 7) is 4.42. The lowest BCUT2D eigenvalue weighted by atomic mass is 10.1. The van der Waals surface area contributed by atoms with Crippen molar-refractivity contribution >= 4 is 0 Å². The van der Waals surface area contributed by atoms with E-state index < -0.39 is 0 Å². The van der Waals surface area contributed by atoms with Crippen molar-refractivity contribution in [3.8, 4) is 23.0 Å². The normalized spacial score (nSPS) is 10.4. The third-order valence-electron chi connectivity index (χ3n) is 4.02. The van der Waals surface area contributed by atoms with Crippen LogP contribution in [0.4, 0.5) is 0 Å². The van der Waals surface area contributed by atoms with Crippen LogP contribution in [0.2, 0.25) is 0 Å². The van der Waals surface area contributed by atoms with Gasteiger partial charge in [0, 0.05) is 6.42 Å². The minimum atomic E-state index is 0.624. The number of rotatable bonds is 10. The van der Waals surface area contributed by atoms with Crippen molar-refractivity contribution in [1.29, 1.82) is 0 Å². The van der Waals surface area contributed by atoms with Crippen molar-refractivity contribution in [2.75, 3.05) is 34.5 Å². The first kappa shape index (κ1) is 18.9. The lowest BCUT2D eigenvalue weighted by molar-refractivity contribution is -0.670. The Hall–Kier alpha value is -2.40. The molecule has 2 N–H and O–H groups in total. The Kier molecular flexibility index (Phi) is 7.41. The van der Waals surface area contributed by atoms with Crippen molar-refractivity contribution in [2.45, 2.75) is 19.9 Å². The van der Waals surface area contributed by atoms with Crippen molar-refractivity contribution in [2.24, 2.45) is 0 Å². The molecule has 136 valence electrons. The first-order valence-corrected chi connectivity index (χ1v) is 8.54. The van der Waals surface area contributed by atoms with Crippen LogP contribution in [0.5, 0.6) is 23.0 Å². The number of nitrogens with two attached hydrogens (primary N) is 1. The second kappa shape index (κ2) is 9.79. The Bertz CT molecular complexity index is 673. The summed E-state index contributed by atoms with van der Waals surface area (Å²) in [7, 11) is 4.98. The number of hydrogen-bond acceptors (Lipinski definition) is 4. The summed E-state index contributed by atoms with van der Waals surface area (Å²) in [4.78, 5) is 0. The number of methoxy groups -OCH3 is 3. The molecule has 0 radical (unpaired) electrons. The Morgan fingerprint density at radius 2 is 1.64 bits per heavy atom. The molecule has 5 heteroatoms. The average Bonchev–Trinajstić information content (AvgIpc) is 2.66. The molecular weight excluding hydrogens is 318 g/mol. The van der Waals surface area contributed by atoms with E-state index in [9.17, 15) is 0 Å². The molecule has 0 bridgehead atoms. The summed E-state index contributed by atoms with van der Waals surface area (Å²) in [5.74, 6) is 3.15. The summed E-state index contributed by atoms with van der Waals surface area (Å²) in [6.07, 6.45) is 0.953. The summed E-state index contributed by atoms with van der Waals surface area (Å²) in [6, 6.07) is 12.1. The Labute approximate surface area is 149 Å². The van der Waals surface area contributed by atoms with Gasteiger partial charge in [-0.2, -0.15) is 0 Å². The molecular formula is C20H28NO4+. The van der Waals surface area contributed by atoms with Gasteiger partial charge in [0.15, 0.2) is 23.0 Å². The number of para-hydroxylation sites is 1. The van der Waals surface area contributed by atoms with E-state index in [2.05, 4.69) is 17.4 Å². The van der Waals surface area contributed by atoms with Crippen molar-refractivity contribution < 1.29 is 24.3 Å². The topological polar surface area (TPSA) is 53.5 Å². The molecule has 2 rings (SSSR count). The first-order chi connectivity index (χ1) is 12.2. The molecule has 0 fully saturated rings. The van der Waals surface area contributed by atoms with E-state index in [0.29, 0.717) is 6.61 Å². The van der Waals surface area contributed by atoms with Crippen LogP contribution in [0, 0.1) is 0 Å². The zero-order chi connectivity index (χ0) is 18.1.